The lowest BCUT2D eigenvalue weighted by Gasteiger charge is -2.60. The fourth-order valence-electron chi connectivity index (χ4n) is 9.09. The molecule has 0 bridgehead atoms. The van der Waals surface area contributed by atoms with Crippen LogP contribution >= 0.6 is 0 Å². The highest BCUT2D eigenvalue weighted by Gasteiger charge is 2.64. The van der Waals surface area contributed by atoms with Crippen molar-refractivity contribution in [1.29, 1.82) is 0 Å². The normalized spacial score (nSPS) is 45.0. The van der Waals surface area contributed by atoms with Gasteiger partial charge in [0.05, 0.1) is 6.10 Å². The largest absolute Gasteiger partial charge is 0.392 e. The molecule has 4 aliphatic rings. The molecular formula is C29H48O2. The SMILES string of the molecule is CC(C)CCC[C@@H](C)[C@H]1CC[C@H]2[C@@H]3CC=C4C(C)(C)[C@H](O)CC[C@]4(C)[C@H]3CC(=O)[C@]12C. The van der Waals surface area contributed by atoms with Gasteiger partial charge in [-0.15, -0.1) is 0 Å². The van der Waals surface area contributed by atoms with Crippen LogP contribution in [0.4, 0.5) is 0 Å². The first-order valence-corrected chi connectivity index (χ1v) is 13.4. The van der Waals surface area contributed by atoms with E-state index in [0.717, 1.165) is 31.6 Å². The average molecular weight is 429 g/mol. The molecule has 176 valence electrons. The first-order chi connectivity index (χ1) is 14.4. The lowest BCUT2D eigenvalue weighted by atomic mass is 9.44. The van der Waals surface area contributed by atoms with E-state index in [-0.39, 0.29) is 22.3 Å². The molecule has 0 aromatic carbocycles. The third-order valence-electron chi connectivity index (χ3n) is 11.0. The summed E-state index contributed by atoms with van der Waals surface area (Å²) in [5.41, 5.74) is 1.27. The van der Waals surface area contributed by atoms with Gasteiger partial charge in [0.25, 0.3) is 0 Å². The molecule has 0 spiro atoms. The molecule has 0 aromatic rings. The highest BCUT2D eigenvalue weighted by molar-refractivity contribution is 5.87. The number of ketones is 1. The van der Waals surface area contributed by atoms with Gasteiger partial charge in [0.15, 0.2) is 0 Å². The van der Waals surface area contributed by atoms with Gasteiger partial charge in [-0.25, -0.2) is 0 Å². The van der Waals surface area contributed by atoms with E-state index < -0.39 is 0 Å². The van der Waals surface area contributed by atoms with E-state index in [4.69, 9.17) is 0 Å². The van der Waals surface area contributed by atoms with Crippen LogP contribution in [0.5, 0.6) is 0 Å². The summed E-state index contributed by atoms with van der Waals surface area (Å²) in [6.07, 6.45) is 12.4. The summed E-state index contributed by atoms with van der Waals surface area (Å²) in [5, 5.41) is 10.7. The summed E-state index contributed by atoms with van der Waals surface area (Å²) in [4.78, 5) is 13.9. The van der Waals surface area contributed by atoms with Crippen molar-refractivity contribution in [2.75, 3.05) is 0 Å². The van der Waals surface area contributed by atoms with Crippen molar-refractivity contribution in [2.24, 2.45) is 51.8 Å². The minimum atomic E-state index is -0.254. The van der Waals surface area contributed by atoms with E-state index in [0.29, 0.717) is 35.4 Å². The van der Waals surface area contributed by atoms with Crippen LogP contribution in [-0.2, 0) is 4.79 Å². The predicted molar refractivity (Wildman–Crippen MR) is 129 cm³/mol. The molecule has 31 heavy (non-hydrogen) atoms. The average Bonchev–Trinajstić information content (AvgIpc) is 3.05. The zero-order valence-electron chi connectivity index (χ0n) is 21.3. The van der Waals surface area contributed by atoms with Gasteiger partial charge >= 0.3 is 0 Å². The molecule has 4 aliphatic carbocycles. The first kappa shape index (κ1) is 23.5. The van der Waals surface area contributed by atoms with Crippen molar-refractivity contribution >= 4 is 5.78 Å². The van der Waals surface area contributed by atoms with Gasteiger partial charge in [0, 0.05) is 17.3 Å². The van der Waals surface area contributed by atoms with Gasteiger partial charge in [-0.05, 0) is 73.0 Å². The van der Waals surface area contributed by atoms with Crippen LogP contribution in [0, 0.1) is 51.8 Å². The molecular weight excluding hydrogens is 380 g/mol. The van der Waals surface area contributed by atoms with Crippen molar-refractivity contribution < 1.29 is 9.90 Å². The molecule has 0 radical (unpaired) electrons. The Morgan fingerprint density at radius 3 is 2.42 bits per heavy atom. The molecule has 3 fully saturated rings. The third-order valence-corrected chi connectivity index (χ3v) is 11.0. The van der Waals surface area contributed by atoms with E-state index in [1.165, 1.54) is 37.7 Å². The predicted octanol–water partition coefficient (Wildman–Crippen LogP) is 7.20. The minimum absolute atomic E-state index is 0.0869. The Labute approximate surface area is 191 Å². The second-order valence-corrected chi connectivity index (χ2v) is 13.3. The Kier molecular flexibility index (Phi) is 6.07. The first-order valence-electron chi connectivity index (χ1n) is 13.4. The molecule has 4 rings (SSSR count). The fraction of sp³-hybridized carbons (Fsp3) is 0.897. The molecule has 1 N–H and O–H groups in total. The zero-order chi connectivity index (χ0) is 22.8. The van der Waals surface area contributed by atoms with Crippen molar-refractivity contribution in [1.82, 2.24) is 0 Å². The fourth-order valence-corrected chi connectivity index (χ4v) is 9.09. The summed E-state index contributed by atoms with van der Waals surface area (Å²) < 4.78 is 0. The number of hydrogen-bond donors (Lipinski definition) is 1. The molecule has 0 aromatic heterocycles. The van der Waals surface area contributed by atoms with Crippen LogP contribution in [0.25, 0.3) is 0 Å². The quantitative estimate of drug-likeness (QED) is 0.470. The summed E-state index contributed by atoms with van der Waals surface area (Å²) in [6.45, 7) is 16.3. The van der Waals surface area contributed by atoms with Crippen LogP contribution in [0.2, 0.25) is 0 Å². The Hall–Kier alpha value is -0.630. The number of rotatable bonds is 5. The monoisotopic (exact) mass is 428 g/mol. The molecule has 2 heteroatoms. The number of allylic oxidation sites excluding steroid dienone is 1. The Bertz CT molecular complexity index is 733. The number of fused-ring (bicyclic) bond motifs is 5. The Balaban J connectivity index is 1.59. The maximum atomic E-state index is 13.9. The van der Waals surface area contributed by atoms with E-state index >= 15 is 0 Å². The highest BCUT2D eigenvalue weighted by Crippen LogP contribution is 2.68. The van der Waals surface area contributed by atoms with Gasteiger partial charge in [0.1, 0.15) is 5.78 Å². The number of carbonyl (C=O) groups excluding carboxylic acids is 1. The van der Waals surface area contributed by atoms with Gasteiger partial charge < -0.3 is 5.11 Å². The number of aliphatic hydroxyl groups is 1. The number of Topliss-reactive ketones (excluding diaryl/α,β-unsaturated/α-hetero) is 1. The van der Waals surface area contributed by atoms with Gasteiger partial charge in [0.2, 0.25) is 0 Å². The van der Waals surface area contributed by atoms with Crippen molar-refractivity contribution in [3.05, 3.63) is 11.6 Å². The highest BCUT2D eigenvalue weighted by atomic mass is 16.3. The number of aliphatic hydroxyl groups excluding tert-OH is 1. The maximum Gasteiger partial charge on any atom is 0.139 e. The van der Waals surface area contributed by atoms with Crippen molar-refractivity contribution in [3.63, 3.8) is 0 Å². The molecule has 0 saturated heterocycles. The summed E-state index contributed by atoms with van der Waals surface area (Å²) in [6, 6.07) is 0. The number of carbonyl (C=O) groups is 1. The smallest absolute Gasteiger partial charge is 0.139 e. The second kappa shape index (κ2) is 8.00. The van der Waals surface area contributed by atoms with Crippen molar-refractivity contribution in [3.8, 4) is 0 Å². The standard InChI is InChI=1S/C29H48O2/c1-18(2)9-8-10-19(3)21-12-13-22-20-11-14-24-27(4,5)25(30)15-16-28(24,6)23(20)17-26(31)29(21,22)7/h14,18-23,25,30H,8-13,15-17H2,1-7H3/t19-,20+,21-,22+,23+,25-,28-,29-/m1/s1. The van der Waals surface area contributed by atoms with Crippen LogP contribution in [0.1, 0.15) is 106 Å². The van der Waals surface area contributed by atoms with Crippen LogP contribution in [-0.4, -0.2) is 17.0 Å². The number of hydrogen-bond acceptors (Lipinski definition) is 2. The molecule has 0 aliphatic heterocycles. The third kappa shape index (κ3) is 3.49. The molecule has 8 atom stereocenters. The van der Waals surface area contributed by atoms with E-state index in [2.05, 4.69) is 54.5 Å². The molecule has 0 unspecified atom stereocenters. The maximum absolute atomic E-state index is 13.9. The zero-order valence-corrected chi connectivity index (χ0v) is 21.3. The minimum Gasteiger partial charge on any atom is -0.392 e. The molecule has 2 nitrogen and oxygen atoms in total. The molecule has 0 heterocycles. The van der Waals surface area contributed by atoms with Crippen molar-refractivity contribution in [2.45, 2.75) is 112 Å². The summed E-state index contributed by atoms with van der Waals surface area (Å²) in [5.74, 6) is 4.25. The topological polar surface area (TPSA) is 37.3 Å². The molecule has 0 amide bonds. The Morgan fingerprint density at radius 1 is 1.03 bits per heavy atom. The lowest BCUT2D eigenvalue weighted by molar-refractivity contribution is -0.149. The lowest BCUT2D eigenvalue weighted by Crippen LogP contribution is -2.57. The van der Waals surface area contributed by atoms with E-state index in [1.54, 1.807) is 0 Å². The molecule has 3 saturated carbocycles. The van der Waals surface area contributed by atoms with Crippen LogP contribution in [0.15, 0.2) is 11.6 Å². The van der Waals surface area contributed by atoms with Crippen LogP contribution < -0.4 is 0 Å². The van der Waals surface area contributed by atoms with Gasteiger partial charge in [-0.1, -0.05) is 79.4 Å². The van der Waals surface area contributed by atoms with Gasteiger partial charge in [-0.3, -0.25) is 4.79 Å². The summed E-state index contributed by atoms with van der Waals surface area (Å²) >= 11 is 0. The van der Waals surface area contributed by atoms with E-state index in [9.17, 15) is 9.90 Å². The second-order valence-electron chi connectivity index (χ2n) is 13.3. The Morgan fingerprint density at radius 2 is 1.74 bits per heavy atom. The van der Waals surface area contributed by atoms with E-state index in [1.807, 2.05) is 0 Å². The summed E-state index contributed by atoms with van der Waals surface area (Å²) in [7, 11) is 0. The van der Waals surface area contributed by atoms with Gasteiger partial charge in [-0.2, -0.15) is 0 Å². The van der Waals surface area contributed by atoms with Crippen LogP contribution in [0.3, 0.4) is 0 Å².